The Morgan fingerprint density at radius 3 is 2.36 bits per heavy atom. The fourth-order valence-electron chi connectivity index (χ4n) is 2.38. The van der Waals surface area contributed by atoms with E-state index in [4.69, 9.17) is 4.74 Å². The Balaban J connectivity index is 3.32. The quantitative estimate of drug-likeness (QED) is 0.246. The highest BCUT2D eigenvalue weighted by Gasteiger charge is 2.04. The molecule has 0 aromatic heterocycles. The Hall–Kier alpha value is -1.12. The van der Waals surface area contributed by atoms with Crippen LogP contribution >= 0.6 is 0 Å². The monoisotopic (exact) mass is 310 g/mol. The van der Waals surface area contributed by atoms with Crippen molar-refractivity contribution in [3.8, 4) is 0 Å². The first-order valence-corrected chi connectivity index (χ1v) is 8.90. The molecule has 0 aromatic rings. The fraction of sp³-hybridized carbons (Fsp3) is 0.789. The standard InChI is InChI=1S/C19H34O3/c1-4-5-15-19(21)16-13-11-9-7-6-8-10-12-14-17(2)22-18(3)20/h11,13,17H,4-10,12,14-16H2,1-3H3/b13-11+. The van der Waals surface area contributed by atoms with E-state index in [-0.39, 0.29) is 12.1 Å². The van der Waals surface area contributed by atoms with Gasteiger partial charge in [-0.1, -0.05) is 44.8 Å². The van der Waals surface area contributed by atoms with Gasteiger partial charge in [-0.2, -0.15) is 0 Å². The lowest BCUT2D eigenvalue weighted by molar-refractivity contribution is -0.145. The van der Waals surface area contributed by atoms with E-state index in [1.54, 1.807) is 0 Å². The second-order valence-electron chi connectivity index (χ2n) is 6.08. The molecule has 3 heteroatoms. The molecule has 0 saturated heterocycles. The zero-order chi connectivity index (χ0) is 16.6. The molecule has 0 spiro atoms. The number of hydrogen-bond donors (Lipinski definition) is 0. The summed E-state index contributed by atoms with van der Waals surface area (Å²) in [4.78, 5) is 22.2. The van der Waals surface area contributed by atoms with Crippen molar-refractivity contribution in [2.45, 2.75) is 97.5 Å². The van der Waals surface area contributed by atoms with Gasteiger partial charge in [0.1, 0.15) is 5.78 Å². The van der Waals surface area contributed by atoms with E-state index in [0.717, 1.165) is 38.5 Å². The van der Waals surface area contributed by atoms with Crippen LogP contribution in [-0.4, -0.2) is 17.9 Å². The Morgan fingerprint density at radius 2 is 1.68 bits per heavy atom. The van der Waals surface area contributed by atoms with Gasteiger partial charge in [-0.25, -0.2) is 0 Å². The molecule has 0 rings (SSSR count). The molecular formula is C19H34O3. The zero-order valence-electron chi connectivity index (χ0n) is 14.7. The zero-order valence-corrected chi connectivity index (χ0v) is 14.7. The highest BCUT2D eigenvalue weighted by molar-refractivity contribution is 5.79. The second-order valence-corrected chi connectivity index (χ2v) is 6.08. The van der Waals surface area contributed by atoms with Crippen molar-refractivity contribution < 1.29 is 14.3 Å². The molecule has 1 atom stereocenters. The van der Waals surface area contributed by atoms with Crippen molar-refractivity contribution in [3.63, 3.8) is 0 Å². The number of ether oxygens (including phenoxy) is 1. The smallest absolute Gasteiger partial charge is 0.302 e. The molecule has 0 amide bonds. The highest BCUT2D eigenvalue weighted by Crippen LogP contribution is 2.11. The third kappa shape index (κ3) is 15.3. The lowest BCUT2D eigenvalue weighted by Crippen LogP contribution is -2.11. The first-order valence-electron chi connectivity index (χ1n) is 8.90. The van der Waals surface area contributed by atoms with Gasteiger partial charge in [-0.3, -0.25) is 9.59 Å². The minimum Gasteiger partial charge on any atom is -0.463 e. The van der Waals surface area contributed by atoms with Gasteiger partial charge in [0.25, 0.3) is 0 Å². The van der Waals surface area contributed by atoms with Crippen molar-refractivity contribution in [3.05, 3.63) is 12.2 Å². The molecule has 128 valence electrons. The predicted octanol–water partition coefficient (Wildman–Crippen LogP) is 5.37. The predicted molar refractivity (Wildman–Crippen MR) is 91.8 cm³/mol. The van der Waals surface area contributed by atoms with Crippen LogP contribution in [0, 0.1) is 0 Å². The van der Waals surface area contributed by atoms with E-state index in [0.29, 0.717) is 12.2 Å². The minimum absolute atomic E-state index is 0.0469. The van der Waals surface area contributed by atoms with Crippen LogP contribution in [0.1, 0.15) is 91.4 Å². The molecule has 0 aliphatic carbocycles. The van der Waals surface area contributed by atoms with Gasteiger partial charge >= 0.3 is 5.97 Å². The Kier molecular flexibility index (Phi) is 14.0. The van der Waals surface area contributed by atoms with Crippen molar-refractivity contribution in [2.75, 3.05) is 0 Å². The van der Waals surface area contributed by atoms with Gasteiger partial charge in [0.2, 0.25) is 0 Å². The molecule has 0 aromatic carbocycles. The largest absolute Gasteiger partial charge is 0.463 e. The highest BCUT2D eigenvalue weighted by atomic mass is 16.5. The van der Waals surface area contributed by atoms with Crippen LogP contribution < -0.4 is 0 Å². The summed E-state index contributed by atoms with van der Waals surface area (Å²) in [5.41, 5.74) is 0. The molecule has 0 bridgehead atoms. The fourth-order valence-corrected chi connectivity index (χ4v) is 2.38. The summed E-state index contributed by atoms with van der Waals surface area (Å²) < 4.78 is 5.09. The summed E-state index contributed by atoms with van der Waals surface area (Å²) in [6, 6.07) is 0. The Labute approximate surface area is 136 Å². The van der Waals surface area contributed by atoms with Crippen LogP contribution in [0.4, 0.5) is 0 Å². The molecule has 0 heterocycles. The Bertz CT molecular complexity index is 321. The van der Waals surface area contributed by atoms with Crippen molar-refractivity contribution in [2.24, 2.45) is 0 Å². The van der Waals surface area contributed by atoms with Gasteiger partial charge in [0.15, 0.2) is 0 Å². The molecule has 0 radical (unpaired) electrons. The molecule has 0 saturated carbocycles. The van der Waals surface area contributed by atoms with Gasteiger partial charge in [-0.15, -0.1) is 0 Å². The van der Waals surface area contributed by atoms with Crippen LogP contribution in [0.5, 0.6) is 0 Å². The molecule has 22 heavy (non-hydrogen) atoms. The molecular weight excluding hydrogens is 276 g/mol. The summed E-state index contributed by atoms with van der Waals surface area (Å²) >= 11 is 0. The van der Waals surface area contributed by atoms with Crippen molar-refractivity contribution >= 4 is 11.8 Å². The maximum atomic E-state index is 11.4. The number of Topliss-reactive ketones (excluding diaryl/α,β-unsaturated/α-hetero) is 1. The number of rotatable bonds is 14. The molecule has 0 aliphatic rings. The third-order valence-electron chi connectivity index (χ3n) is 3.67. The molecule has 0 N–H and O–H groups in total. The summed E-state index contributed by atoms with van der Waals surface area (Å²) in [5.74, 6) is 0.174. The van der Waals surface area contributed by atoms with Gasteiger partial charge in [0, 0.05) is 19.8 Å². The summed E-state index contributed by atoms with van der Waals surface area (Å²) in [6.45, 7) is 5.52. The summed E-state index contributed by atoms with van der Waals surface area (Å²) in [6.07, 6.45) is 15.7. The summed E-state index contributed by atoms with van der Waals surface area (Å²) in [7, 11) is 0. The van der Waals surface area contributed by atoms with E-state index in [1.807, 2.05) is 13.0 Å². The van der Waals surface area contributed by atoms with Crippen LogP contribution in [0.3, 0.4) is 0 Å². The minimum atomic E-state index is -0.188. The average molecular weight is 310 g/mol. The van der Waals surface area contributed by atoms with E-state index in [1.165, 1.54) is 32.6 Å². The number of allylic oxidation sites excluding steroid dienone is 2. The number of esters is 1. The van der Waals surface area contributed by atoms with Crippen LogP contribution in [0.25, 0.3) is 0 Å². The number of hydrogen-bond acceptors (Lipinski definition) is 3. The van der Waals surface area contributed by atoms with Gasteiger partial charge in [-0.05, 0) is 39.0 Å². The number of carbonyl (C=O) groups is 2. The van der Waals surface area contributed by atoms with Crippen LogP contribution in [0.15, 0.2) is 12.2 Å². The second kappa shape index (κ2) is 14.8. The maximum Gasteiger partial charge on any atom is 0.302 e. The average Bonchev–Trinajstić information content (AvgIpc) is 2.46. The summed E-state index contributed by atoms with van der Waals surface area (Å²) in [5, 5.41) is 0. The molecule has 1 unspecified atom stereocenters. The van der Waals surface area contributed by atoms with E-state index in [9.17, 15) is 9.59 Å². The SMILES string of the molecule is CCCCC(=O)C/C=C/CCCCCCCC(C)OC(C)=O. The normalized spacial score (nSPS) is 12.5. The Morgan fingerprint density at radius 1 is 1.00 bits per heavy atom. The molecule has 0 aliphatic heterocycles. The van der Waals surface area contributed by atoms with Gasteiger partial charge < -0.3 is 4.74 Å². The van der Waals surface area contributed by atoms with E-state index < -0.39 is 0 Å². The van der Waals surface area contributed by atoms with Crippen molar-refractivity contribution in [1.29, 1.82) is 0 Å². The number of carbonyl (C=O) groups excluding carboxylic acids is 2. The third-order valence-corrected chi connectivity index (χ3v) is 3.67. The lowest BCUT2D eigenvalue weighted by atomic mass is 10.1. The maximum absolute atomic E-state index is 11.4. The van der Waals surface area contributed by atoms with E-state index in [2.05, 4.69) is 13.0 Å². The number of unbranched alkanes of at least 4 members (excludes halogenated alkanes) is 6. The van der Waals surface area contributed by atoms with Crippen LogP contribution in [0.2, 0.25) is 0 Å². The topological polar surface area (TPSA) is 43.4 Å². The first-order chi connectivity index (χ1) is 10.6. The molecule has 3 nitrogen and oxygen atoms in total. The van der Waals surface area contributed by atoms with Crippen molar-refractivity contribution in [1.82, 2.24) is 0 Å². The van der Waals surface area contributed by atoms with Crippen LogP contribution in [-0.2, 0) is 14.3 Å². The van der Waals surface area contributed by atoms with Gasteiger partial charge in [0.05, 0.1) is 6.10 Å². The number of ketones is 1. The first kappa shape index (κ1) is 20.9. The van der Waals surface area contributed by atoms with E-state index >= 15 is 0 Å². The lowest BCUT2D eigenvalue weighted by Gasteiger charge is -2.10. The molecule has 0 fully saturated rings.